The molecule has 8 heteroatoms. The summed E-state index contributed by atoms with van der Waals surface area (Å²) in [5.74, 6) is 0.464. The number of hydrogen-bond donors (Lipinski definition) is 1. The fourth-order valence-electron chi connectivity index (χ4n) is 7.80. The van der Waals surface area contributed by atoms with Crippen molar-refractivity contribution in [2.45, 2.75) is 62.6 Å². The Hall–Kier alpha value is -0.470. The predicted molar refractivity (Wildman–Crippen MR) is 166 cm³/mol. The van der Waals surface area contributed by atoms with Crippen LogP contribution in [0.15, 0.2) is 42.5 Å². The van der Waals surface area contributed by atoms with Crippen molar-refractivity contribution in [3.8, 4) is 0 Å². The Labute approximate surface area is 259 Å². The topological polar surface area (TPSA) is 64.6 Å². The zero-order chi connectivity index (χ0) is 25.8. The second-order valence-corrected chi connectivity index (χ2v) is 15.0. The molecule has 4 bridgehead atoms. The predicted octanol–water partition coefficient (Wildman–Crippen LogP) is 6.82. The monoisotopic (exact) mass is 837 g/mol. The average Bonchev–Trinajstić information content (AvgIpc) is 2.86. The Balaban J connectivity index is 1.28. The van der Waals surface area contributed by atoms with E-state index in [4.69, 9.17) is 9.47 Å². The van der Waals surface area contributed by atoms with Crippen LogP contribution < -0.4 is 5.32 Å². The second kappa shape index (κ2) is 10.2. The van der Waals surface area contributed by atoms with Crippen molar-refractivity contribution in [3.05, 3.63) is 64.3 Å². The number of piperidine rings is 1. The van der Waals surface area contributed by atoms with Gasteiger partial charge in [-0.1, -0.05) is 30.3 Å². The molecule has 1 aliphatic heterocycles. The molecule has 0 radical (unpaired) electrons. The normalized spacial score (nSPS) is 31.6. The van der Waals surface area contributed by atoms with Gasteiger partial charge in [0, 0.05) is 30.0 Å². The van der Waals surface area contributed by atoms with E-state index >= 15 is 0 Å². The summed E-state index contributed by atoms with van der Waals surface area (Å²) in [4.78, 5) is 27.7. The molecule has 4 aliphatic carbocycles. The van der Waals surface area contributed by atoms with E-state index in [1.54, 1.807) is 0 Å². The summed E-state index contributed by atoms with van der Waals surface area (Å²) in [6.45, 7) is 1.66. The Kier molecular flexibility index (Phi) is 7.35. The van der Waals surface area contributed by atoms with Crippen LogP contribution in [0, 0.1) is 28.0 Å². The molecule has 1 N–H and O–H groups in total. The number of halogens is 3. The minimum Gasteiger partial charge on any atom is -0.455 e. The van der Waals surface area contributed by atoms with Crippen molar-refractivity contribution in [2.75, 3.05) is 13.1 Å². The number of benzene rings is 2. The van der Waals surface area contributed by atoms with E-state index in [1.165, 1.54) is 0 Å². The van der Waals surface area contributed by atoms with Gasteiger partial charge >= 0.3 is 11.9 Å². The summed E-state index contributed by atoms with van der Waals surface area (Å²) in [5, 5.41) is 3.42. The molecule has 0 spiro atoms. The highest BCUT2D eigenvalue weighted by atomic mass is 127. The van der Waals surface area contributed by atoms with E-state index < -0.39 is 16.6 Å². The van der Waals surface area contributed by atoms with Crippen LogP contribution in [0.5, 0.6) is 0 Å². The van der Waals surface area contributed by atoms with Crippen molar-refractivity contribution in [1.29, 1.82) is 0 Å². The van der Waals surface area contributed by atoms with Crippen LogP contribution in [-0.2, 0) is 19.9 Å². The molecule has 37 heavy (non-hydrogen) atoms. The molecular formula is C29H30I3NO4. The Morgan fingerprint density at radius 1 is 0.892 bits per heavy atom. The molecular weight excluding hydrogens is 807 g/mol. The van der Waals surface area contributed by atoms with Crippen molar-refractivity contribution in [2.24, 2.45) is 17.3 Å². The first-order valence-electron chi connectivity index (χ1n) is 13.1. The third-order valence-electron chi connectivity index (χ3n) is 8.96. The number of hydrogen-bond acceptors (Lipinski definition) is 5. The number of nitrogens with one attached hydrogen (secondary N) is 1. The van der Waals surface area contributed by atoms with E-state index in [9.17, 15) is 9.59 Å². The summed E-state index contributed by atoms with van der Waals surface area (Å²) >= 11 is 6.76. The number of carbonyl (C=O) groups is 2. The number of rotatable bonds is 5. The summed E-state index contributed by atoms with van der Waals surface area (Å²) in [6.07, 6.45) is 6.67. The number of esters is 2. The van der Waals surface area contributed by atoms with E-state index in [2.05, 4.69) is 91.3 Å². The quantitative estimate of drug-likeness (QED) is 0.204. The Bertz CT molecular complexity index is 1210. The first-order valence-corrected chi connectivity index (χ1v) is 16.3. The number of carbonyl (C=O) groups excluding carboxylic acids is 2. The standard InChI is InChI=1S/C29H30I3NO4/c30-21-11-22(24(32)23(31)12-21)25(34)36-28-15-18-10-19(16-28)14-27(13-18,17-28)26(35)37-29(6-8-33-9-7-29)20-4-2-1-3-5-20/h1-5,11-12,18-19,33H,6-10,13-17H2. The molecule has 4 saturated carbocycles. The molecule has 1 heterocycles. The summed E-state index contributed by atoms with van der Waals surface area (Å²) in [5.41, 5.74) is -0.0292. The van der Waals surface area contributed by atoms with E-state index in [-0.39, 0.29) is 11.9 Å². The van der Waals surface area contributed by atoms with Gasteiger partial charge in [-0.15, -0.1) is 0 Å². The maximum Gasteiger partial charge on any atom is 0.339 e. The van der Waals surface area contributed by atoms with Gasteiger partial charge in [-0.3, -0.25) is 4.79 Å². The van der Waals surface area contributed by atoms with Gasteiger partial charge in [-0.05, 0) is 142 Å². The van der Waals surface area contributed by atoms with Gasteiger partial charge in [0.05, 0.1) is 11.0 Å². The summed E-state index contributed by atoms with van der Waals surface area (Å²) in [7, 11) is 0. The van der Waals surface area contributed by atoms with Crippen LogP contribution in [0.25, 0.3) is 0 Å². The average molecular weight is 837 g/mol. The van der Waals surface area contributed by atoms with Crippen LogP contribution in [0.1, 0.15) is 67.3 Å². The number of ether oxygens (including phenoxy) is 2. The highest BCUT2D eigenvalue weighted by Gasteiger charge is 2.63. The minimum absolute atomic E-state index is 0.0776. The summed E-state index contributed by atoms with van der Waals surface area (Å²) in [6, 6.07) is 14.2. The van der Waals surface area contributed by atoms with Gasteiger partial charge in [-0.25, -0.2) is 4.79 Å². The van der Waals surface area contributed by atoms with Crippen LogP contribution in [-0.4, -0.2) is 30.6 Å². The maximum absolute atomic E-state index is 14.2. The molecule has 2 aromatic carbocycles. The first kappa shape index (κ1) is 26.7. The molecule has 2 unspecified atom stereocenters. The molecule has 196 valence electrons. The highest BCUT2D eigenvalue weighted by Crippen LogP contribution is 2.63. The second-order valence-electron chi connectivity index (χ2n) is 11.6. The molecule has 1 saturated heterocycles. The lowest BCUT2D eigenvalue weighted by Crippen LogP contribution is -2.61. The van der Waals surface area contributed by atoms with E-state index in [1.807, 2.05) is 24.3 Å². The van der Waals surface area contributed by atoms with Crippen molar-refractivity contribution >= 4 is 79.7 Å². The van der Waals surface area contributed by atoms with Crippen molar-refractivity contribution in [3.63, 3.8) is 0 Å². The van der Waals surface area contributed by atoms with E-state index in [0.717, 1.165) is 74.3 Å². The van der Waals surface area contributed by atoms with Gasteiger partial charge in [0.15, 0.2) is 0 Å². The van der Waals surface area contributed by atoms with Crippen molar-refractivity contribution < 1.29 is 19.1 Å². The molecule has 5 nitrogen and oxygen atoms in total. The smallest absolute Gasteiger partial charge is 0.339 e. The summed E-state index contributed by atoms with van der Waals surface area (Å²) < 4.78 is 16.0. The zero-order valence-electron chi connectivity index (χ0n) is 20.5. The lowest BCUT2D eigenvalue weighted by Gasteiger charge is -2.60. The zero-order valence-corrected chi connectivity index (χ0v) is 27.0. The van der Waals surface area contributed by atoms with Crippen LogP contribution in [0.3, 0.4) is 0 Å². The molecule has 5 fully saturated rings. The molecule has 2 atom stereocenters. The van der Waals surface area contributed by atoms with E-state index in [0.29, 0.717) is 23.8 Å². The largest absolute Gasteiger partial charge is 0.455 e. The van der Waals surface area contributed by atoms with Gasteiger partial charge < -0.3 is 14.8 Å². The maximum atomic E-state index is 14.2. The molecule has 7 rings (SSSR count). The first-order chi connectivity index (χ1) is 17.7. The fourth-order valence-corrected chi connectivity index (χ4v) is 10.2. The van der Waals surface area contributed by atoms with Crippen molar-refractivity contribution in [1.82, 2.24) is 5.32 Å². The SMILES string of the molecule is O=C(OC12CC3CC(C1)CC(C(=O)OC1(c4ccccc4)CCNCC1)(C3)C2)c1cc(I)cc(I)c1I. The molecule has 0 aromatic heterocycles. The molecule has 2 aromatic rings. The lowest BCUT2D eigenvalue weighted by molar-refractivity contribution is -0.210. The molecule has 5 aliphatic rings. The lowest BCUT2D eigenvalue weighted by atomic mass is 9.48. The van der Waals surface area contributed by atoms with Gasteiger partial charge in [-0.2, -0.15) is 0 Å². The van der Waals surface area contributed by atoms with Gasteiger partial charge in [0.1, 0.15) is 11.2 Å². The van der Waals surface area contributed by atoms with Crippen LogP contribution in [0.2, 0.25) is 0 Å². The molecule has 0 amide bonds. The van der Waals surface area contributed by atoms with Crippen LogP contribution in [0.4, 0.5) is 0 Å². The Morgan fingerprint density at radius 2 is 1.57 bits per heavy atom. The van der Waals surface area contributed by atoms with Gasteiger partial charge in [0.25, 0.3) is 0 Å². The fraction of sp³-hybridized carbons (Fsp3) is 0.517. The Morgan fingerprint density at radius 3 is 2.24 bits per heavy atom. The minimum atomic E-state index is -0.593. The highest BCUT2D eigenvalue weighted by molar-refractivity contribution is 14.1. The third kappa shape index (κ3) is 4.98. The van der Waals surface area contributed by atoms with Gasteiger partial charge in [0.2, 0.25) is 0 Å². The third-order valence-corrected chi connectivity index (χ3v) is 12.6. The van der Waals surface area contributed by atoms with Crippen LogP contribution >= 0.6 is 67.8 Å².